The highest BCUT2D eigenvalue weighted by molar-refractivity contribution is 5.39. The van der Waals surface area contributed by atoms with E-state index in [1.807, 2.05) is 24.3 Å². The van der Waals surface area contributed by atoms with Crippen LogP contribution in [0.25, 0.3) is 0 Å². The van der Waals surface area contributed by atoms with Gasteiger partial charge < -0.3 is 15.2 Å². The fourth-order valence-electron chi connectivity index (χ4n) is 3.45. The number of para-hydroxylation sites is 2. The van der Waals surface area contributed by atoms with Gasteiger partial charge in [0, 0.05) is 6.04 Å². The quantitative estimate of drug-likeness (QED) is 0.825. The maximum Gasteiger partial charge on any atom is 0.161 e. The van der Waals surface area contributed by atoms with Gasteiger partial charge in [0.2, 0.25) is 0 Å². The Labute approximate surface area is 128 Å². The zero-order valence-corrected chi connectivity index (χ0v) is 13.4. The Morgan fingerprint density at radius 2 is 1.90 bits per heavy atom. The molecular weight excluding hydrogens is 262 g/mol. The molecule has 1 aliphatic carbocycles. The molecule has 1 aromatic carbocycles. The Bertz CT molecular complexity index is 421. The first-order valence-corrected chi connectivity index (χ1v) is 8.26. The monoisotopic (exact) mass is 291 g/mol. The molecule has 1 saturated carbocycles. The van der Waals surface area contributed by atoms with Crippen LogP contribution >= 0.6 is 0 Å². The zero-order chi connectivity index (χ0) is 15.1. The number of hydrogen-bond acceptors (Lipinski definition) is 3. The molecule has 3 nitrogen and oxygen atoms in total. The van der Waals surface area contributed by atoms with Crippen LogP contribution in [0.5, 0.6) is 11.5 Å². The summed E-state index contributed by atoms with van der Waals surface area (Å²) in [5.41, 5.74) is 6.29. The van der Waals surface area contributed by atoms with Crippen molar-refractivity contribution in [1.82, 2.24) is 0 Å². The third kappa shape index (κ3) is 4.63. The Kier molecular flexibility index (Phi) is 6.37. The topological polar surface area (TPSA) is 44.5 Å². The van der Waals surface area contributed by atoms with Crippen molar-refractivity contribution in [3.63, 3.8) is 0 Å². The predicted molar refractivity (Wildman–Crippen MR) is 86.8 cm³/mol. The molecule has 1 aromatic rings. The molecular formula is C18H29NO2. The summed E-state index contributed by atoms with van der Waals surface area (Å²) >= 11 is 0. The van der Waals surface area contributed by atoms with Gasteiger partial charge in [0.1, 0.15) is 0 Å². The van der Waals surface area contributed by atoms with E-state index in [-0.39, 0.29) is 0 Å². The van der Waals surface area contributed by atoms with Crippen molar-refractivity contribution in [2.75, 3.05) is 13.7 Å². The molecule has 21 heavy (non-hydrogen) atoms. The number of benzene rings is 1. The summed E-state index contributed by atoms with van der Waals surface area (Å²) in [5.74, 6) is 3.10. The Morgan fingerprint density at radius 3 is 2.62 bits per heavy atom. The van der Waals surface area contributed by atoms with Crippen LogP contribution in [-0.4, -0.2) is 19.8 Å². The first-order chi connectivity index (χ1) is 10.2. The lowest BCUT2D eigenvalue weighted by molar-refractivity contribution is 0.180. The highest BCUT2D eigenvalue weighted by Gasteiger charge is 2.27. The van der Waals surface area contributed by atoms with E-state index in [0.717, 1.165) is 30.4 Å². The molecule has 3 atom stereocenters. The second kappa shape index (κ2) is 8.28. The number of hydrogen-bond donors (Lipinski definition) is 1. The fourth-order valence-corrected chi connectivity index (χ4v) is 3.45. The molecule has 0 heterocycles. The van der Waals surface area contributed by atoms with Crippen molar-refractivity contribution in [1.29, 1.82) is 0 Å². The highest BCUT2D eigenvalue weighted by atomic mass is 16.5. The van der Waals surface area contributed by atoms with E-state index < -0.39 is 0 Å². The average Bonchev–Trinajstić information content (AvgIpc) is 2.51. The lowest BCUT2D eigenvalue weighted by Crippen LogP contribution is -2.37. The maximum absolute atomic E-state index is 6.29. The molecule has 0 spiro atoms. The largest absolute Gasteiger partial charge is 0.493 e. The van der Waals surface area contributed by atoms with Gasteiger partial charge in [-0.3, -0.25) is 0 Å². The lowest BCUT2D eigenvalue weighted by atomic mass is 9.75. The minimum Gasteiger partial charge on any atom is -0.493 e. The van der Waals surface area contributed by atoms with Gasteiger partial charge in [-0.25, -0.2) is 0 Å². The number of nitrogens with two attached hydrogens (primary N) is 1. The minimum absolute atomic E-state index is 0.347. The van der Waals surface area contributed by atoms with Crippen LogP contribution in [0.4, 0.5) is 0 Å². The van der Waals surface area contributed by atoms with Gasteiger partial charge in [-0.2, -0.15) is 0 Å². The summed E-state index contributed by atoms with van der Waals surface area (Å²) < 4.78 is 11.2. The Morgan fingerprint density at radius 1 is 1.14 bits per heavy atom. The maximum atomic E-state index is 6.29. The molecule has 0 aliphatic heterocycles. The molecule has 2 rings (SSSR count). The highest BCUT2D eigenvalue weighted by Crippen LogP contribution is 2.33. The minimum atomic E-state index is 0.347. The van der Waals surface area contributed by atoms with Gasteiger partial charge in [0.15, 0.2) is 11.5 Å². The van der Waals surface area contributed by atoms with Gasteiger partial charge in [0.05, 0.1) is 13.7 Å². The fraction of sp³-hybridized carbons (Fsp3) is 0.667. The van der Waals surface area contributed by atoms with Crippen molar-refractivity contribution < 1.29 is 9.47 Å². The van der Waals surface area contributed by atoms with Crippen molar-refractivity contribution in [2.45, 2.75) is 51.5 Å². The molecule has 3 heteroatoms. The molecule has 0 bridgehead atoms. The molecule has 0 aromatic heterocycles. The van der Waals surface area contributed by atoms with Crippen LogP contribution in [-0.2, 0) is 0 Å². The van der Waals surface area contributed by atoms with Gasteiger partial charge in [-0.15, -0.1) is 0 Å². The van der Waals surface area contributed by atoms with Gasteiger partial charge in [-0.1, -0.05) is 31.9 Å². The summed E-state index contributed by atoms with van der Waals surface area (Å²) in [7, 11) is 1.68. The summed E-state index contributed by atoms with van der Waals surface area (Å²) in [6.07, 6.45) is 7.41. The smallest absolute Gasteiger partial charge is 0.161 e. The van der Waals surface area contributed by atoms with Crippen LogP contribution in [0.3, 0.4) is 0 Å². The molecule has 0 saturated heterocycles. The molecule has 118 valence electrons. The lowest BCUT2D eigenvalue weighted by Gasteiger charge is -2.34. The summed E-state index contributed by atoms with van der Waals surface area (Å²) in [6.45, 7) is 2.99. The molecule has 0 amide bonds. The normalized spacial score (nSPS) is 25.6. The van der Waals surface area contributed by atoms with Crippen molar-refractivity contribution in [2.24, 2.45) is 17.6 Å². The van der Waals surface area contributed by atoms with E-state index in [4.69, 9.17) is 15.2 Å². The summed E-state index contributed by atoms with van der Waals surface area (Å²) in [5, 5.41) is 0. The SMILES string of the molecule is CCCC1CCC(N)C(CCOc2ccccc2OC)C1. The molecule has 2 N–H and O–H groups in total. The van der Waals surface area contributed by atoms with E-state index in [2.05, 4.69) is 6.92 Å². The van der Waals surface area contributed by atoms with Crippen molar-refractivity contribution >= 4 is 0 Å². The van der Waals surface area contributed by atoms with Gasteiger partial charge >= 0.3 is 0 Å². The molecule has 1 aliphatic rings. The van der Waals surface area contributed by atoms with E-state index in [1.165, 1.54) is 32.1 Å². The van der Waals surface area contributed by atoms with Crippen LogP contribution in [0.2, 0.25) is 0 Å². The average molecular weight is 291 g/mol. The second-order valence-electron chi connectivity index (χ2n) is 6.18. The van der Waals surface area contributed by atoms with E-state index in [0.29, 0.717) is 12.0 Å². The van der Waals surface area contributed by atoms with E-state index >= 15 is 0 Å². The predicted octanol–water partition coefficient (Wildman–Crippen LogP) is 4.01. The zero-order valence-electron chi connectivity index (χ0n) is 13.4. The van der Waals surface area contributed by atoms with Crippen LogP contribution in [0.15, 0.2) is 24.3 Å². The van der Waals surface area contributed by atoms with Crippen molar-refractivity contribution in [3.05, 3.63) is 24.3 Å². The van der Waals surface area contributed by atoms with Gasteiger partial charge in [-0.05, 0) is 49.7 Å². The number of rotatable bonds is 7. The first kappa shape index (κ1) is 16.2. The van der Waals surface area contributed by atoms with E-state index in [9.17, 15) is 0 Å². The second-order valence-corrected chi connectivity index (χ2v) is 6.18. The van der Waals surface area contributed by atoms with E-state index in [1.54, 1.807) is 7.11 Å². The third-order valence-corrected chi connectivity index (χ3v) is 4.66. The number of ether oxygens (including phenoxy) is 2. The summed E-state index contributed by atoms with van der Waals surface area (Å²) in [6, 6.07) is 8.16. The van der Waals surface area contributed by atoms with Crippen molar-refractivity contribution in [3.8, 4) is 11.5 Å². The third-order valence-electron chi connectivity index (χ3n) is 4.66. The van der Waals surface area contributed by atoms with Crippen LogP contribution in [0, 0.1) is 11.8 Å². The first-order valence-electron chi connectivity index (χ1n) is 8.26. The molecule has 0 radical (unpaired) electrons. The molecule has 3 unspecified atom stereocenters. The summed E-state index contributed by atoms with van der Waals surface area (Å²) in [4.78, 5) is 0. The van der Waals surface area contributed by atoms with Crippen LogP contribution in [0.1, 0.15) is 45.4 Å². The number of methoxy groups -OCH3 is 1. The standard InChI is InChI=1S/C18H29NO2/c1-3-6-14-9-10-16(19)15(13-14)11-12-21-18-8-5-4-7-17(18)20-2/h4-5,7-8,14-16H,3,6,9-13,19H2,1-2H3. The Balaban J connectivity index is 1.81. The van der Waals surface area contributed by atoms with Crippen LogP contribution < -0.4 is 15.2 Å². The van der Waals surface area contributed by atoms with Gasteiger partial charge in [0.25, 0.3) is 0 Å². The molecule has 1 fully saturated rings. The Hall–Kier alpha value is -1.22.